The summed E-state index contributed by atoms with van der Waals surface area (Å²) < 4.78 is 5.74. The second-order valence-corrected chi connectivity index (χ2v) is 6.89. The van der Waals surface area contributed by atoms with Crippen molar-refractivity contribution >= 4 is 17.3 Å². The number of thiazole rings is 1. The molecule has 0 bridgehead atoms. The number of aromatic nitrogens is 1. The molecule has 112 valence electrons. The summed E-state index contributed by atoms with van der Waals surface area (Å²) in [4.78, 5) is 15.5. The molecule has 1 aromatic heterocycles. The van der Waals surface area contributed by atoms with Crippen molar-refractivity contribution in [2.75, 3.05) is 0 Å². The molecule has 0 amide bonds. The summed E-state index contributed by atoms with van der Waals surface area (Å²) in [5.41, 5.74) is 2.17. The molecule has 21 heavy (non-hydrogen) atoms. The Kier molecular flexibility index (Phi) is 4.32. The van der Waals surface area contributed by atoms with Gasteiger partial charge in [0, 0.05) is 10.8 Å². The lowest BCUT2D eigenvalue weighted by Gasteiger charge is -2.14. The molecule has 0 unspecified atom stereocenters. The Morgan fingerprint density at radius 2 is 2.10 bits per heavy atom. The number of aryl methyl sites for hydroxylation is 1. The first-order chi connectivity index (χ1) is 9.77. The Balaban J connectivity index is 2.06. The molecule has 4 nitrogen and oxygen atoms in total. The summed E-state index contributed by atoms with van der Waals surface area (Å²) >= 11 is 1.58. The summed E-state index contributed by atoms with van der Waals surface area (Å²) in [6.07, 6.45) is 0. The van der Waals surface area contributed by atoms with Crippen molar-refractivity contribution in [3.05, 3.63) is 45.4 Å². The van der Waals surface area contributed by atoms with Crippen LogP contribution in [0.2, 0.25) is 0 Å². The van der Waals surface area contributed by atoms with Gasteiger partial charge in [0.1, 0.15) is 17.4 Å². The van der Waals surface area contributed by atoms with Crippen LogP contribution in [0.4, 0.5) is 0 Å². The summed E-state index contributed by atoms with van der Waals surface area (Å²) in [6, 6.07) is 4.85. The van der Waals surface area contributed by atoms with Crippen LogP contribution in [0.5, 0.6) is 5.75 Å². The van der Waals surface area contributed by atoms with Crippen LogP contribution in [0, 0.1) is 6.92 Å². The first kappa shape index (κ1) is 15.5. The van der Waals surface area contributed by atoms with Crippen molar-refractivity contribution in [1.29, 1.82) is 0 Å². The third kappa shape index (κ3) is 3.82. The number of aromatic carboxylic acids is 1. The quantitative estimate of drug-likeness (QED) is 0.926. The van der Waals surface area contributed by atoms with Crippen molar-refractivity contribution in [3.8, 4) is 5.75 Å². The number of ether oxygens (including phenoxy) is 1. The van der Waals surface area contributed by atoms with E-state index in [1.165, 1.54) is 0 Å². The molecule has 0 spiro atoms. The molecule has 0 fully saturated rings. The minimum atomic E-state index is -0.931. The topological polar surface area (TPSA) is 59.4 Å². The van der Waals surface area contributed by atoms with Crippen LogP contribution >= 0.6 is 11.3 Å². The zero-order chi connectivity index (χ0) is 15.6. The molecule has 0 atom stereocenters. The van der Waals surface area contributed by atoms with Gasteiger partial charge in [-0.05, 0) is 30.7 Å². The van der Waals surface area contributed by atoms with Gasteiger partial charge in [-0.3, -0.25) is 0 Å². The monoisotopic (exact) mass is 305 g/mol. The standard InChI is InChI=1S/C16H19NO3S/c1-10-7-11(15(18)19)5-6-12(10)20-8-14-17-13(9-21-14)16(2,3)4/h5-7,9H,8H2,1-4H3,(H,18,19). The van der Waals surface area contributed by atoms with Crippen molar-refractivity contribution < 1.29 is 14.6 Å². The number of carboxylic acid groups (broad SMARTS) is 1. The number of carbonyl (C=O) groups is 1. The average Bonchev–Trinajstić information content (AvgIpc) is 2.85. The Hall–Kier alpha value is -1.88. The highest BCUT2D eigenvalue weighted by molar-refractivity contribution is 7.09. The predicted molar refractivity (Wildman–Crippen MR) is 83.3 cm³/mol. The molecule has 1 N–H and O–H groups in total. The fourth-order valence-electron chi connectivity index (χ4n) is 1.81. The van der Waals surface area contributed by atoms with Crippen molar-refractivity contribution in [1.82, 2.24) is 4.98 Å². The Morgan fingerprint density at radius 3 is 2.62 bits per heavy atom. The number of benzene rings is 1. The van der Waals surface area contributed by atoms with E-state index in [2.05, 4.69) is 31.1 Å². The zero-order valence-corrected chi connectivity index (χ0v) is 13.5. The number of hydrogen-bond donors (Lipinski definition) is 1. The van der Waals surface area contributed by atoms with E-state index in [0.29, 0.717) is 12.4 Å². The van der Waals surface area contributed by atoms with E-state index in [4.69, 9.17) is 9.84 Å². The molecule has 2 rings (SSSR count). The fourth-order valence-corrected chi connectivity index (χ4v) is 2.74. The molecule has 0 aliphatic heterocycles. The summed E-state index contributed by atoms with van der Waals surface area (Å²) in [5.74, 6) is -0.244. The van der Waals surface area contributed by atoms with Gasteiger partial charge in [0.15, 0.2) is 0 Å². The van der Waals surface area contributed by atoms with Crippen LogP contribution in [0.1, 0.15) is 47.4 Å². The normalized spacial score (nSPS) is 11.4. The maximum Gasteiger partial charge on any atom is 0.335 e. The first-order valence-electron chi connectivity index (χ1n) is 6.69. The van der Waals surface area contributed by atoms with Crippen LogP contribution in [0.15, 0.2) is 23.6 Å². The number of carboxylic acids is 1. The Morgan fingerprint density at radius 1 is 1.38 bits per heavy atom. The molecule has 0 saturated heterocycles. The lowest BCUT2D eigenvalue weighted by atomic mass is 9.93. The summed E-state index contributed by atoms with van der Waals surface area (Å²) in [6.45, 7) is 8.61. The van der Waals surface area contributed by atoms with Gasteiger partial charge in [-0.15, -0.1) is 11.3 Å². The lowest BCUT2D eigenvalue weighted by molar-refractivity contribution is 0.0696. The maximum absolute atomic E-state index is 10.9. The van der Waals surface area contributed by atoms with E-state index in [9.17, 15) is 4.79 Å². The molecule has 5 heteroatoms. The molecule has 0 aliphatic rings. The third-order valence-electron chi connectivity index (χ3n) is 3.09. The second-order valence-electron chi connectivity index (χ2n) is 5.95. The highest BCUT2D eigenvalue weighted by Gasteiger charge is 2.17. The maximum atomic E-state index is 10.9. The van der Waals surface area contributed by atoms with Crippen molar-refractivity contribution in [2.24, 2.45) is 0 Å². The van der Waals surface area contributed by atoms with Gasteiger partial charge in [0.25, 0.3) is 0 Å². The van der Waals surface area contributed by atoms with Crippen LogP contribution in [-0.2, 0) is 12.0 Å². The van der Waals surface area contributed by atoms with Gasteiger partial charge in [0.05, 0.1) is 11.3 Å². The minimum Gasteiger partial charge on any atom is -0.486 e. The number of hydrogen-bond acceptors (Lipinski definition) is 4. The largest absolute Gasteiger partial charge is 0.486 e. The van der Waals surface area contributed by atoms with Crippen LogP contribution in [0.3, 0.4) is 0 Å². The van der Waals surface area contributed by atoms with Crippen molar-refractivity contribution in [2.45, 2.75) is 39.7 Å². The molecule has 0 aliphatic carbocycles. The average molecular weight is 305 g/mol. The molecule has 0 radical (unpaired) electrons. The molecule has 1 aromatic carbocycles. The van der Waals surface area contributed by atoms with Gasteiger partial charge in [-0.2, -0.15) is 0 Å². The van der Waals surface area contributed by atoms with E-state index >= 15 is 0 Å². The highest BCUT2D eigenvalue weighted by Crippen LogP contribution is 2.25. The number of nitrogens with zero attached hydrogens (tertiary/aromatic N) is 1. The third-order valence-corrected chi connectivity index (χ3v) is 3.92. The van der Waals surface area contributed by atoms with E-state index in [1.807, 2.05) is 6.92 Å². The van der Waals surface area contributed by atoms with Gasteiger partial charge < -0.3 is 9.84 Å². The summed E-state index contributed by atoms with van der Waals surface area (Å²) in [7, 11) is 0. The van der Waals surface area contributed by atoms with E-state index in [1.54, 1.807) is 29.5 Å². The first-order valence-corrected chi connectivity index (χ1v) is 7.57. The highest BCUT2D eigenvalue weighted by atomic mass is 32.1. The predicted octanol–water partition coefficient (Wildman–Crippen LogP) is 4.03. The zero-order valence-electron chi connectivity index (χ0n) is 12.6. The van der Waals surface area contributed by atoms with Gasteiger partial charge in [-0.25, -0.2) is 9.78 Å². The fraction of sp³-hybridized carbons (Fsp3) is 0.375. The Bertz CT molecular complexity index is 656. The minimum absolute atomic E-state index is 0.0355. The summed E-state index contributed by atoms with van der Waals surface area (Å²) in [5, 5.41) is 11.9. The van der Waals surface area contributed by atoms with Gasteiger partial charge >= 0.3 is 5.97 Å². The smallest absolute Gasteiger partial charge is 0.335 e. The number of rotatable bonds is 4. The Labute approximate surface area is 128 Å². The van der Waals surface area contributed by atoms with Crippen LogP contribution in [0.25, 0.3) is 0 Å². The van der Waals surface area contributed by atoms with E-state index in [-0.39, 0.29) is 11.0 Å². The molecular weight excluding hydrogens is 286 g/mol. The lowest BCUT2D eigenvalue weighted by Crippen LogP contribution is -2.11. The SMILES string of the molecule is Cc1cc(C(=O)O)ccc1OCc1nc(C(C)(C)C)cs1. The van der Waals surface area contributed by atoms with Crippen molar-refractivity contribution in [3.63, 3.8) is 0 Å². The molecule has 1 heterocycles. The molecule has 2 aromatic rings. The second kappa shape index (κ2) is 5.85. The van der Waals surface area contributed by atoms with Gasteiger partial charge in [-0.1, -0.05) is 20.8 Å². The van der Waals surface area contributed by atoms with Crippen LogP contribution < -0.4 is 4.74 Å². The van der Waals surface area contributed by atoms with E-state index in [0.717, 1.165) is 16.3 Å². The van der Waals surface area contributed by atoms with Crippen LogP contribution in [-0.4, -0.2) is 16.1 Å². The molecule has 0 saturated carbocycles. The van der Waals surface area contributed by atoms with Gasteiger partial charge in [0.2, 0.25) is 0 Å². The van der Waals surface area contributed by atoms with E-state index < -0.39 is 5.97 Å². The molecular formula is C16H19NO3S.